The summed E-state index contributed by atoms with van der Waals surface area (Å²) >= 11 is 0. The predicted octanol–water partition coefficient (Wildman–Crippen LogP) is 0.410. The van der Waals surface area contributed by atoms with Gasteiger partial charge in [-0.2, -0.15) is 4.31 Å². The Morgan fingerprint density at radius 3 is 2.24 bits per heavy atom. The van der Waals surface area contributed by atoms with Gasteiger partial charge in [-0.1, -0.05) is 13.8 Å². The van der Waals surface area contributed by atoms with Gasteiger partial charge in [0.15, 0.2) is 0 Å². The summed E-state index contributed by atoms with van der Waals surface area (Å²) in [6.07, 6.45) is 0.0610. The fraction of sp³-hybridized carbons (Fsp3) is 1.00. The maximum Gasteiger partial charge on any atom is 0.216 e. The van der Waals surface area contributed by atoms with E-state index in [1.54, 1.807) is 0 Å². The van der Waals surface area contributed by atoms with E-state index in [-0.39, 0.29) is 24.0 Å². The van der Waals surface area contributed by atoms with Crippen molar-refractivity contribution in [1.29, 1.82) is 0 Å². The summed E-state index contributed by atoms with van der Waals surface area (Å²) in [6.45, 7) is 8.91. The number of hydrogen-bond acceptors (Lipinski definition) is 4. The molecular weight excluding hydrogens is 240 g/mol. The molecule has 1 rings (SSSR count). The molecule has 102 valence electrons. The first-order valence-electron chi connectivity index (χ1n) is 6.06. The summed E-state index contributed by atoms with van der Waals surface area (Å²) in [7, 11) is -3.20. The maximum atomic E-state index is 11.9. The molecule has 1 heterocycles. The van der Waals surface area contributed by atoms with Gasteiger partial charge >= 0.3 is 0 Å². The Labute approximate surface area is 104 Å². The minimum atomic E-state index is -3.20. The number of nitrogens with two attached hydrogens (primary N) is 1. The lowest BCUT2D eigenvalue weighted by molar-refractivity contribution is 0.0860. The number of ether oxygens (including phenoxy) is 1. The summed E-state index contributed by atoms with van der Waals surface area (Å²) in [6, 6.07) is 0. The van der Waals surface area contributed by atoms with Crippen LogP contribution in [0.1, 0.15) is 27.7 Å². The average molecular weight is 264 g/mol. The van der Waals surface area contributed by atoms with Gasteiger partial charge in [-0.05, 0) is 19.8 Å². The first kappa shape index (κ1) is 14.9. The highest BCUT2D eigenvalue weighted by Gasteiger charge is 2.46. The fourth-order valence-corrected chi connectivity index (χ4v) is 3.13. The highest BCUT2D eigenvalue weighted by Crippen LogP contribution is 2.28. The molecule has 1 fully saturated rings. The van der Waals surface area contributed by atoms with Gasteiger partial charge in [0.2, 0.25) is 10.0 Å². The molecule has 0 unspecified atom stereocenters. The monoisotopic (exact) mass is 264 g/mol. The zero-order valence-electron chi connectivity index (χ0n) is 11.1. The van der Waals surface area contributed by atoms with Gasteiger partial charge in [0, 0.05) is 18.6 Å². The molecule has 1 aliphatic rings. The quantitative estimate of drug-likeness (QED) is 0.754. The lowest BCUT2D eigenvalue weighted by Gasteiger charge is -2.49. The first-order chi connectivity index (χ1) is 7.67. The fourth-order valence-electron chi connectivity index (χ4n) is 1.69. The minimum absolute atomic E-state index is 0.0410. The molecule has 0 amide bonds. The van der Waals surface area contributed by atoms with E-state index in [1.165, 1.54) is 4.31 Å². The molecule has 1 saturated heterocycles. The van der Waals surface area contributed by atoms with Crippen molar-refractivity contribution in [2.24, 2.45) is 11.7 Å². The van der Waals surface area contributed by atoms with Crippen LogP contribution in [0.15, 0.2) is 0 Å². The normalized spacial score (nSPS) is 20.9. The van der Waals surface area contributed by atoms with E-state index in [9.17, 15) is 8.42 Å². The van der Waals surface area contributed by atoms with E-state index in [2.05, 4.69) is 0 Å². The number of rotatable bonds is 6. The summed E-state index contributed by atoms with van der Waals surface area (Å²) in [5, 5.41) is 0. The molecule has 5 nitrogen and oxygen atoms in total. The molecule has 0 radical (unpaired) electrons. The molecule has 0 aliphatic carbocycles. The van der Waals surface area contributed by atoms with Crippen molar-refractivity contribution in [1.82, 2.24) is 4.31 Å². The van der Waals surface area contributed by atoms with Gasteiger partial charge in [0.25, 0.3) is 0 Å². The maximum absolute atomic E-state index is 11.9. The smallest absolute Gasteiger partial charge is 0.216 e. The van der Waals surface area contributed by atoms with Crippen LogP contribution < -0.4 is 5.73 Å². The van der Waals surface area contributed by atoms with Gasteiger partial charge < -0.3 is 10.5 Å². The van der Waals surface area contributed by atoms with E-state index < -0.39 is 10.0 Å². The third kappa shape index (κ3) is 3.64. The van der Waals surface area contributed by atoms with Crippen molar-refractivity contribution in [2.75, 3.05) is 25.4 Å². The summed E-state index contributed by atoms with van der Waals surface area (Å²) in [5.41, 5.74) is 5.72. The summed E-state index contributed by atoms with van der Waals surface area (Å²) in [5.74, 6) is 0.333. The van der Waals surface area contributed by atoms with Crippen LogP contribution in [-0.2, 0) is 14.8 Å². The molecule has 0 atom stereocenters. The van der Waals surface area contributed by atoms with Crippen molar-refractivity contribution in [3.8, 4) is 0 Å². The SMILES string of the molecule is CC(C)OCCS(=O)(=O)N1CC(N)(C(C)C)C1. The second-order valence-corrected chi connectivity index (χ2v) is 7.48. The Bertz CT molecular complexity index is 346. The molecule has 0 spiro atoms. The van der Waals surface area contributed by atoms with Gasteiger partial charge in [-0.25, -0.2) is 8.42 Å². The zero-order valence-corrected chi connectivity index (χ0v) is 12.0. The van der Waals surface area contributed by atoms with Crippen LogP contribution in [0.5, 0.6) is 0 Å². The van der Waals surface area contributed by atoms with Gasteiger partial charge in [0.05, 0.1) is 18.5 Å². The third-order valence-electron chi connectivity index (χ3n) is 3.28. The third-order valence-corrected chi connectivity index (χ3v) is 5.00. The molecule has 0 saturated carbocycles. The molecule has 1 aliphatic heterocycles. The van der Waals surface area contributed by atoms with Crippen LogP contribution in [-0.4, -0.2) is 49.8 Å². The number of sulfonamides is 1. The van der Waals surface area contributed by atoms with Crippen LogP contribution in [0, 0.1) is 5.92 Å². The van der Waals surface area contributed by atoms with Crippen LogP contribution in [0.2, 0.25) is 0 Å². The number of hydrogen-bond donors (Lipinski definition) is 1. The Morgan fingerprint density at radius 1 is 1.29 bits per heavy atom. The molecule has 0 aromatic heterocycles. The molecule has 2 N–H and O–H groups in total. The summed E-state index contributed by atoms with van der Waals surface area (Å²) < 4.78 is 30.5. The van der Waals surface area contributed by atoms with Crippen LogP contribution in [0.25, 0.3) is 0 Å². The first-order valence-corrected chi connectivity index (χ1v) is 7.66. The van der Waals surface area contributed by atoms with Crippen LogP contribution in [0.4, 0.5) is 0 Å². The largest absolute Gasteiger partial charge is 0.378 e. The van der Waals surface area contributed by atoms with Crippen molar-refractivity contribution in [3.63, 3.8) is 0 Å². The average Bonchev–Trinajstić information content (AvgIpc) is 2.11. The van der Waals surface area contributed by atoms with E-state index in [4.69, 9.17) is 10.5 Å². The van der Waals surface area contributed by atoms with Crippen molar-refractivity contribution < 1.29 is 13.2 Å². The lowest BCUT2D eigenvalue weighted by atomic mass is 9.82. The van der Waals surface area contributed by atoms with Crippen molar-refractivity contribution in [3.05, 3.63) is 0 Å². The van der Waals surface area contributed by atoms with Gasteiger partial charge in [-0.3, -0.25) is 0 Å². The standard InChI is InChI=1S/C11H24N2O3S/c1-9(2)11(12)7-13(8-11)17(14,15)6-5-16-10(3)4/h9-10H,5-8,12H2,1-4H3. The second-order valence-electron chi connectivity index (χ2n) is 5.39. The molecular formula is C11H24N2O3S. The highest BCUT2D eigenvalue weighted by molar-refractivity contribution is 7.89. The lowest BCUT2D eigenvalue weighted by Crippen LogP contribution is -2.71. The van der Waals surface area contributed by atoms with E-state index in [0.717, 1.165) is 0 Å². The Kier molecular flexibility index (Phi) is 4.57. The summed E-state index contributed by atoms with van der Waals surface area (Å²) in [4.78, 5) is 0. The topological polar surface area (TPSA) is 72.6 Å². The molecule has 6 heteroatoms. The van der Waals surface area contributed by atoms with Crippen molar-refractivity contribution >= 4 is 10.0 Å². The molecule has 17 heavy (non-hydrogen) atoms. The van der Waals surface area contributed by atoms with E-state index in [1.807, 2.05) is 27.7 Å². The Morgan fingerprint density at radius 2 is 1.82 bits per heavy atom. The highest BCUT2D eigenvalue weighted by atomic mass is 32.2. The minimum Gasteiger partial charge on any atom is -0.378 e. The molecule has 0 aromatic rings. The Hall–Kier alpha value is -0.170. The predicted molar refractivity (Wildman–Crippen MR) is 68.2 cm³/mol. The Balaban J connectivity index is 2.42. The second kappa shape index (κ2) is 5.22. The zero-order chi connectivity index (χ0) is 13.3. The van der Waals surface area contributed by atoms with Crippen molar-refractivity contribution in [2.45, 2.75) is 39.3 Å². The number of nitrogens with zero attached hydrogens (tertiary/aromatic N) is 1. The van der Waals surface area contributed by atoms with E-state index >= 15 is 0 Å². The molecule has 0 aromatic carbocycles. The molecule has 0 bridgehead atoms. The van der Waals surface area contributed by atoms with E-state index in [0.29, 0.717) is 19.0 Å². The van der Waals surface area contributed by atoms with Crippen LogP contribution >= 0.6 is 0 Å². The van der Waals surface area contributed by atoms with Gasteiger partial charge in [-0.15, -0.1) is 0 Å². The van der Waals surface area contributed by atoms with Gasteiger partial charge in [0.1, 0.15) is 0 Å². The van der Waals surface area contributed by atoms with Crippen LogP contribution in [0.3, 0.4) is 0 Å².